The summed E-state index contributed by atoms with van der Waals surface area (Å²) in [7, 11) is 1.38. The topological polar surface area (TPSA) is 75.7 Å². The molecule has 2 N–H and O–H groups in total. The Morgan fingerprint density at radius 2 is 2.05 bits per heavy atom. The van der Waals surface area contributed by atoms with Gasteiger partial charge in [0.25, 0.3) is 0 Å². The van der Waals surface area contributed by atoms with Crippen LogP contribution < -0.4 is 15.2 Å². The summed E-state index contributed by atoms with van der Waals surface area (Å²) in [6, 6.07) is 3.87. The van der Waals surface area contributed by atoms with Gasteiger partial charge in [-0.3, -0.25) is 4.79 Å². The standard InChI is InChI=1S/C15H18N2O4/c1-19-15(18)9-17-8-10(2-3-16)11-6-13-14(7-12(11)17)21-5-4-20-13/h6-8H,2-5,9,16H2,1H3. The van der Waals surface area contributed by atoms with Crippen LogP contribution in [0.25, 0.3) is 10.9 Å². The van der Waals surface area contributed by atoms with E-state index in [4.69, 9.17) is 19.9 Å². The van der Waals surface area contributed by atoms with E-state index in [0.29, 0.717) is 25.5 Å². The molecule has 0 bridgehead atoms. The molecule has 112 valence electrons. The highest BCUT2D eigenvalue weighted by Crippen LogP contribution is 2.36. The Morgan fingerprint density at radius 3 is 2.71 bits per heavy atom. The van der Waals surface area contributed by atoms with Crippen molar-refractivity contribution in [1.82, 2.24) is 4.57 Å². The van der Waals surface area contributed by atoms with E-state index in [9.17, 15) is 4.79 Å². The Kier molecular flexibility index (Phi) is 3.70. The molecule has 0 atom stereocenters. The zero-order valence-corrected chi connectivity index (χ0v) is 11.9. The molecule has 0 saturated carbocycles. The Labute approximate surface area is 122 Å². The van der Waals surface area contributed by atoms with E-state index in [1.54, 1.807) is 0 Å². The summed E-state index contributed by atoms with van der Waals surface area (Å²) in [5, 5.41) is 1.04. The Morgan fingerprint density at radius 1 is 1.33 bits per heavy atom. The van der Waals surface area contributed by atoms with Crippen molar-refractivity contribution in [3.8, 4) is 11.5 Å². The van der Waals surface area contributed by atoms with Crippen molar-refractivity contribution in [3.63, 3.8) is 0 Å². The summed E-state index contributed by atoms with van der Waals surface area (Å²) >= 11 is 0. The molecule has 2 heterocycles. The van der Waals surface area contributed by atoms with Crippen LogP contribution in [-0.2, 0) is 22.5 Å². The maximum Gasteiger partial charge on any atom is 0.325 e. The van der Waals surface area contributed by atoms with Crippen molar-refractivity contribution in [2.45, 2.75) is 13.0 Å². The van der Waals surface area contributed by atoms with Crippen LogP contribution in [0.3, 0.4) is 0 Å². The minimum absolute atomic E-state index is 0.164. The second-order valence-electron chi connectivity index (χ2n) is 4.91. The molecule has 1 aromatic carbocycles. The van der Waals surface area contributed by atoms with Gasteiger partial charge < -0.3 is 24.5 Å². The third kappa shape index (κ3) is 2.54. The van der Waals surface area contributed by atoms with E-state index in [-0.39, 0.29) is 12.5 Å². The smallest absolute Gasteiger partial charge is 0.325 e. The molecule has 6 heteroatoms. The highest BCUT2D eigenvalue weighted by atomic mass is 16.6. The summed E-state index contributed by atoms with van der Waals surface area (Å²) in [4.78, 5) is 11.6. The first kappa shape index (κ1) is 13.8. The van der Waals surface area contributed by atoms with Crippen LogP contribution >= 0.6 is 0 Å². The molecule has 0 saturated heterocycles. The lowest BCUT2D eigenvalue weighted by atomic mass is 10.1. The summed E-state index contributed by atoms with van der Waals surface area (Å²) in [5.74, 6) is 1.15. The quantitative estimate of drug-likeness (QED) is 0.853. The number of ether oxygens (including phenoxy) is 3. The first-order valence-electron chi connectivity index (χ1n) is 6.91. The number of hydrogen-bond donors (Lipinski definition) is 1. The van der Waals surface area contributed by atoms with E-state index >= 15 is 0 Å². The molecule has 0 radical (unpaired) electrons. The number of aromatic nitrogens is 1. The van der Waals surface area contributed by atoms with Crippen molar-refractivity contribution in [3.05, 3.63) is 23.9 Å². The van der Waals surface area contributed by atoms with Gasteiger partial charge in [-0.2, -0.15) is 0 Å². The fourth-order valence-electron chi connectivity index (χ4n) is 2.59. The highest BCUT2D eigenvalue weighted by molar-refractivity contribution is 5.88. The molecule has 3 rings (SSSR count). The van der Waals surface area contributed by atoms with Gasteiger partial charge in [0.15, 0.2) is 11.5 Å². The first-order chi connectivity index (χ1) is 10.2. The van der Waals surface area contributed by atoms with E-state index in [1.807, 2.05) is 22.9 Å². The van der Waals surface area contributed by atoms with Gasteiger partial charge in [-0.05, 0) is 24.6 Å². The Hall–Kier alpha value is -2.21. The number of carbonyl (C=O) groups excluding carboxylic acids is 1. The summed E-state index contributed by atoms with van der Waals surface area (Å²) in [5.41, 5.74) is 7.68. The molecular weight excluding hydrogens is 272 g/mol. The number of benzene rings is 1. The van der Waals surface area contributed by atoms with Crippen molar-refractivity contribution in [2.24, 2.45) is 5.73 Å². The van der Waals surface area contributed by atoms with Gasteiger partial charge in [0.1, 0.15) is 19.8 Å². The lowest BCUT2D eigenvalue weighted by molar-refractivity contribution is -0.141. The Balaban J connectivity index is 2.11. The minimum Gasteiger partial charge on any atom is -0.486 e. The second kappa shape index (κ2) is 5.65. The van der Waals surface area contributed by atoms with Crippen molar-refractivity contribution in [2.75, 3.05) is 26.9 Å². The predicted molar refractivity (Wildman–Crippen MR) is 77.7 cm³/mol. The normalized spacial score (nSPS) is 13.4. The fourth-order valence-corrected chi connectivity index (χ4v) is 2.59. The van der Waals surface area contributed by atoms with Crippen LogP contribution in [0.1, 0.15) is 5.56 Å². The molecule has 6 nitrogen and oxygen atoms in total. The average molecular weight is 290 g/mol. The van der Waals surface area contributed by atoms with Crippen LogP contribution in [0.4, 0.5) is 0 Å². The zero-order valence-electron chi connectivity index (χ0n) is 11.9. The predicted octanol–water partition coefficient (Wildman–Crippen LogP) is 1.09. The van der Waals surface area contributed by atoms with E-state index in [2.05, 4.69) is 0 Å². The van der Waals surface area contributed by atoms with E-state index < -0.39 is 0 Å². The van der Waals surface area contributed by atoms with Crippen LogP contribution in [0.15, 0.2) is 18.3 Å². The third-order valence-corrected chi connectivity index (χ3v) is 3.57. The number of hydrogen-bond acceptors (Lipinski definition) is 5. The van der Waals surface area contributed by atoms with Gasteiger partial charge in [0.05, 0.1) is 12.6 Å². The first-order valence-corrected chi connectivity index (χ1v) is 6.91. The number of nitrogens with two attached hydrogens (primary N) is 1. The maximum atomic E-state index is 11.6. The summed E-state index contributed by atoms with van der Waals surface area (Å²) in [6.45, 7) is 1.79. The van der Waals surface area contributed by atoms with Gasteiger partial charge >= 0.3 is 5.97 Å². The van der Waals surface area contributed by atoms with Gasteiger partial charge in [-0.25, -0.2) is 0 Å². The molecule has 21 heavy (non-hydrogen) atoms. The zero-order chi connectivity index (χ0) is 14.8. The number of esters is 1. The van der Waals surface area contributed by atoms with Gasteiger partial charge in [-0.1, -0.05) is 0 Å². The van der Waals surface area contributed by atoms with Crippen LogP contribution in [0.2, 0.25) is 0 Å². The number of nitrogens with zero attached hydrogens (tertiary/aromatic N) is 1. The number of methoxy groups -OCH3 is 1. The molecular formula is C15H18N2O4. The van der Waals surface area contributed by atoms with Gasteiger partial charge in [0.2, 0.25) is 0 Å². The molecule has 0 aliphatic carbocycles. The number of carbonyl (C=O) groups is 1. The van der Waals surface area contributed by atoms with Crippen molar-refractivity contribution >= 4 is 16.9 Å². The lowest BCUT2D eigenvalue weighted by Crippen LogP contribution is -2.15. The number of rotatable bonds is 4. The molecule has 0 amide bonds. The average Bonchev–Trinajstić information content (AvgIpc) is 2.82. The molecule has 0 unspecified atom stereocenters. The van der Waals surface area contributed by atoms with Crippen molar-refractivity contribution < 1.29 is 19.0 Å². The SMILES string of the molecule is COC(=O)Cn1cc(CCN)c2cc3c(cc21)OCCO3. The highest BCUT2D eigenvalue weighted by Gasteiger charge is 2.18. The molecule has 1 aliphatic heterocycles. The van der Waals surface area contributed by atoms with E-state index in [0.717, 1.165) is 28.6 Å². The van der Waals surface area contributed by atoms with Crippen LogP contribution in [0, 0.1) is 0 Å². The second-order valence-corrected chi connectivity index (χ2v) is 4.91. The minimum atomic E-state index is -0.291. The molecule has 1 aromatic heterocycles. The van der Waals surface area contributed by atoms with Crippen molar-refractivity contribution in [1.29, 1.82) is 0 Å². The van der Waals surface area contributed by atoms with Crippen LogP contribution in [0.5, 0.6) is 11.5 Å². The summed E-state index contributed by atoms with van der Waals surface area (Å²) in [6.07, 6.45) is 2.68. The maximum absolute atomic E-state index is 11.6. The molecule has 0 fully saturated rings. The monoisotopic (exact) mass is 290 g/mol. The number of fused-ring (bicyclic) bond motifs is 2. The van der Waals surface area contributed by atoms with E-state index in [1.165, 1.54) is 7.11 Å². The molecule has 0 spiro atoms. The van der Waals surface area contributed by atoms with Gasteiger partial charge in [0, 0.05) is 17.6 Å². The molecule has 2 aromatic rings. The molecule has 1 aliphatic rings. The summed E-state index contributed by atoms with van der Waals surface area (Å²) < 4.78 is 17.8. The Bertz CT molecular complexity index is 678. The lowest BCUT2D eigenvalue weighted by Gasteiger charge is -2.18. The van der Waals surface area contributed by atoms with Crippen LogP contribution in [-0.4, -0.2) is 37.4 Å². The largest absolute Gasteiger partial charge is 0.486 e. The fraction of sp³-hybridized carbons (Fsp3) is 0.400. The third-order valence-electron chi connectivity index (χ3n) is 3.57. The van der Waals surface area contributed by atoms with Gasteiger partial charge in [-0.15, -0.1) is 0 Å².